The first-order valence-corrected chi connectivity index (χ1v) is 3.74. The lowest BCUT2D eigenvalue weighted by molar-refractivity contribution is -0.215. The number of rotatable bonds is 0. The van der Waals surface area contributed by atoms with Gasteiger partial charge in [0, 0.05) is 23.1 Å². The summed E-state index contributed by atoms with van der Waals surface area (Å²) in [7, 11) is 0. The van der Waals surface area contributed by atoms with Gasteiger partial charge in [-0.25, -0.2) is 0 Å². The van der Waals surface area contributed by atoms with Gasteiger partial charge in [-0.1, -0.05) is 11.6 Å². The van der Waals surface area contributed by atoms with Crippen molar-refractivity contribution in [3.05, 3.63) is 28.8 Å². The van der Waals surface area contributed by atoms with Crippen molar-refractivity contribution >= 4 is 11.6 Å². The third-order valence-electron chi connectivity index (χ3n) is 1.53. The molecule has 1 aliphatic heterocycles. The molecule has 0 unspecified atom stereocenters. The average Bonchev–Trinajstić information content (AvgIpc) is 2.04. The van der Waals surface area contributed by atoms with Crippen molar-refractivity contribution in [2.45, 2.75) is 6.42 Å². The molecule has 1 aliphatic rings. The molecule has 0 amide bonds. The molecule has 2 nitrogen and oxygen atoms in total. The number of hydrogen-bond acceptors (Lipinski definition) is 2. The highest BCUT2D eigenvalue weighted by Crippen LogP contribution is 2.25. The monoisotopic (exact) mass is 169 g/mol. The Morgan fingerprint density at radius 1 is 1.45 bits per heavy atom. The molecule has 1 radical (unpaired) electrons. The lowest BCUT2D eigenvalue weighted by Crippen LogP contribution is -2.10. The van der Waals surface area contributed by atoms with Crippen LogP contribution in [0.5, 0.6) is 5.75 Å². The minimum absolute atomic E-state index is 0.573. The Hall–Kier alpha value is -0.730. The highest BCUT2D eigenvalue weighted by molar-refractivity contribution is 6.30. The van der Waals surface area contributed by atoms with Crippen LogP contribution < -0.4 is 4.89 Å². The lowest BCUT2D eigenvalue weighted by atomic mass is 10.1. The van der Waals surface area contributed by atoms with E-state index in [1.54, 1.807) is 12.1 Å². The van der Waals surface area contributed by atoms with E-state index in [-0.39, 0.29) is 0 Å². The summed E-state index contributed by atoms with van der Waals surface area (Å²) in [5.74, 6) is 0.723. The molecule has 3 heteroatoms. The first-order chi connectivity index (χ1) is 5.36. The molecule has 0 saturated carbocycles. The lowest BCUT2D eigenvalue weighted by Gasteiger charge is -2.14. The Morgan fingerprint density at radius 2 is 2.36 bits per heavy atom. The van der Waals surface area contributed by atoms with Crippen LogP contribution in [0.25, 0.3) is 0 Å². The molecular formula is C8H6ClO2. The summed E-state index contributed by atoms with van der Waals surface area (Å²) in [5.41, 5.74) is 0.990. The van der Waals surface area contributed by atoms with Crippen molar-refractivity contribution in [3.63, 3.8) is 0 Å². The van der Waals surface area contributed by atoms with Crippen LogP contribution in [0.2, 0.25) is 5.02 Å². The molecule has 0 saturated heterocycles. The van der Waals surface area contributed by atoms with E-state index >= 15 is 0 Å². The van der Waals surface area contributed by atoms with Crippen molar-refractivity contribution in [2.24, 2.45) is 0 Å². The molecule has 0 N–H and O–H groups in total. The summed E-state index contributed by atoms with van der Waals surface area (Å²) in [6, 6.07) is 6.50. The first-order valence-electron chi connectivity index (χ1n) is 3.36. The molecule has 0 aliphatic carbocycles. The third-order valence-corrected chi connectivity index (χ3v) is 1.75. The summed E-state index contributed by atoms with van der Waals surface area (Å²) in [6.45, 7) is 0.573. The molecule has 0 aromatic heterocycles. The van der Waals surface area contributed by atoms with Gasteiger partial charge in [0.2, 0.25) is 0 Å². The molecule has 0 bridgehead atoms. The van der Waals surface area contributed by atoms with E-state index in [2.05, 4.69) is 6.07 Å². The van der Waals surface area contributed by atoms with Crippen LogP contribution in [0.1, 0.15) is 5.56 Å². The topological polar surface area (TPSA) is 18.5 Å². The van der Waals surface area contributed by atoms with Crippen LogP contribution in [0.4, 0.5) is 0 Å². The highest BCUT2D eigenvalue weighted by Gasteiger charge is 2.11. The average molecular weight is 170 g/mol. The van der Waals surface area contributed by atoms with E-state index in [4.69, 9.17) is 21.4 Å². The molecule has 1 heterocycles. The summed E-state index contributed by atoms with van der Waals surface area (Å²) in [5, 5.41) is 0.620. The number of benzene rings is 1. The second-order valence-corrected chi connectivity index (χ2v) is 2.71. The zero-order valence-electron chi connectivity index (χ0n) is 5.76. The number of fused-ring (bicyclic) bond motifs is 1. The van der Waals surface area contributed by atoms with E-state index in [1.807, 2.05) is 0 Å². The quantitative estimate of drug-likeness (QED) is 0.553. The van der Waals surface area contributed by atoms with E-state index in [0.29, 0.717) is 11.6 Å². The van der Waals surface area contributed by atoms with Crippen LogP contribution >= 0.6 is 11.6 Å². The maximum Gasteiger partial charge on any atom is 0.169 e. The fourth-order valence-corrected chi connectivity index (χ4v) is 1.19. The van der Waals surface area contributed by atoms with Gasteiger partial charge < -0.3 is 4.89 Å². The Morgan fingerprint density at radius 3 is 3.27 bits per heavy atom. The van der Waals surface area contributed by atoms with Gasteiger partial charge in [-0.15, -0.1) is 0 Å². The van der Waals surface area contributed by atoms with E-state index < -0.39 is 0 Å². The summed E-state index contributed by atoms with van der Waals surface area (Å²) in [6.07, 6.45) is 0.815. The van der Waals surface area contributed by atoms with Crippen LogP contribution in [-0.4, -0.2) is 6.61 Å². The van der Waals surface area contributed by atoms with Crippen molar-refractivity contribution in [1.82, 2.24) is 0 Å². The predicted octanol–water partition coefficient (Wildman–Crippen LogP) is 2.01. The third kappa shape index (κ3) is 1.32. The smallest absolute Gasteiger partial charge is 0.169 e. The maximum atomic E-state index is 5.72. The van der Waals surface area contributed by atoms with Gasteiger partial charge in [0.05, 0.1) is 6.61 Å². The highest BCUT2D eigenvalue weighted by atomic mass is 35.5. The van der Waals surface area contributed by atoms with Gasteiger partial charge >= 0.3 is 0 Å². The van der Waals surface area contributed by atoms with Crippen LogP contribution in [-0.2, 0) is 11.3 Å². The summed E-state index contributed by atoms with van der Waals surface area (Å²) in [4.78, 5) is 9.66. The fourth-order valence-electron chi connectivity index (χ4n) is 1.01. The Bertz CT molecular complexity index is 273. The summed E-state index contributed by atoms with van der Waals surface area (Å²) < 4.78 is 0. The molecule has 0 fully saturated rings. The molecule has 57 valence electrons. The predicted molar refractivity (Wildman–Crippen MR) is 40.6 cm³/mol. The second kappa shape index (κ2) is 2.72. The zero-order valence-corrected chi connectivity index (χ0v) is 6.52. The van der Waals surface area contributed by atoms with Crippen molar-refractivity contribution in [1.29, 1.82) is 0 Å². The fraction of sp³-hybridized carbons (Fsp3) is 0.250. The molecule has 0 atom stereocenters. The van der Waals surface area contributed by atoms with E-state index in [9.17, 15) is 0 Å². The van der Waals surface area contributed by atoms with E-state index in [1.165, 1.54) is 0 Å². The first kappa shape index (κ1) is 6.95. The molecule has 11 heavy (non-hydrogen) atoms. The number of halogens is 1. The molecule has 1 aromatic rings. The second-order valence-electron chi connectivity index (χ2n) is 2.30. The maximum absolute atomic E-state index is 5.72. The molecule has 0 spiro atoms. The minimum Gasteiger partial charge on any atom is -0.337 e. The van der Waals surface area contributed by atoms with Crippen LogP contribution in [0.3, 0.4) is 0 Å². The normalized spacial score (nSPS) is 15.4. The largest absolute Gasteiger partial charge is 0.337 e. The minimum atomic E-state index is 0.573. The van der Waals surface area contributed by atoms with Gasteiger partial charge in [0.25, 0.3) is 0 Å². The Labute approximate surface area is 69.6 Å². The van der Waals surface area contributed by atoms with Crippen molar-refractivity contribution in [3.8, 4) is 5.75 Å². The van der Waals surface area contributed by atoms with Gasteiger partial charge in [-0.2, -0.15) is 4.89 Å². The molecule has 1 aromatic carbocycles. The Kier molecular flexibility index (Phi) is 1.72. The van der Waals surface area contributed by atoms with Gasteiger partial charge in [-0.3, -0.25) is 0 Å². The SMILES string of the molecule is Clc1[c]c2c(cc1)OOCC2. The van der Waals surface area contributed by atoms with Crippen LogP contribution in [0.15, 0.2) is 12.1 Å². The van der Waals surface area contributed by atoms with Crippen LogP contribution in [0, 0.1) is 6.07 Å². The zero-order chi connectivity index (χ0) is 7.68. The Balaban J connectivity index is 2.43. The van der Waals surface area contributed by atoms with E-state index in [0.717, 1.165) is 17.7 Å². The number of hydrogen-bond donors (Lipinski definition) is 0. The summed E-state index contributed by atoms with van der Waals surface area (Å²) >= 11 is 5.72. The van der Waals surface area contributed by atoms with Gasteiger partial charge in [0.1, 0.15) is 0 Å². The standard InChI is InChI=1S/C8H6ClO2/c9-7-1-2-8-6(5-7)3-4-10-11-8/h1-2H,3-4H2. The molecular weight excluding hydrogens is 164 g/mol. The van der Waals surface area contributed by atoms with Gasteiger partial charge in [-0.05, 0) is 12.1 Å². The van der Waals surface area contributed by atoms with Crippen molar-refractivity contribution < 1.29 is 9.78 Å². The molecule has 2 rings (SSSR count). The van der Waals surface area contributed by atoms with Crippen molar-refractivity contribution in [2.75, 3.05) is 6.61 Å². The van der Waals surface area contributed by atoms with Gasteiger partial charge in [0.15, 0.2) is 5.75 Å².